The summed E-state index contributed by atoms with van der Waals surface area (Å²) in [4.78, 5) is 8.81. The van der Waals surface area contributed by atoms with E-state index in [1.807, 2.05) is 33.0 Å². The van der Waals surface area contributed by atoms with E-state index in [0.717, 1.165) is 16.8 Å². The average Bonchev–Trinajstić information content (AvgIpc) is 2.78. The highest BCUT2D eigenvalue weighted by Gasteiger charge is 2.21. The van der Waals surface area contributed by atoms with Crippen molar-refractivity contribution < 1.29 is 8.42 Å². The molecular weight excluding hydrogens is 422 g/mol. The fourth-order valence-electron chi connectivity index (χ4n) is 2.95. The molecule has 1 heterocycles. The summed E-state index contributed by atoms with van der Waals surface area (Å²) in [7, 11) is -3.63. The van der Waals surface area contributed by atoms with Crippen LogP contribution in [0.2, 0.25) is 0 Å². The lowest BCUT2D eigenvalue weighted by atomic mass is 9.87. The van der Waals surface area contributed by atoms with Crippen LogP contribution in [0.5, 0.6) is 0 Å². The van der Waals surface area contributed by atoms with Gasteiger partial charge in [0, 0.05) is 18.1 Å². The second kappa shape index (κ2) is 9.62. The van der Waals surface area contributed by atoms with Gasteiger partial charge in [0.25, 0.3) is 0 Å². The van der Waals surface area contributed by atoms with E-state index in [2.05, 4.69) is 20.6 Å². The van der Waals surface area contributed by atoms with E-state index in [1.165, 1.54) is 0 Å². The first-order valence-electron chi connectivity index (χ1n) is 10.0. The number of benzene rings is 2. The van der Waals surface area contributed by atoms with E-state index >= 15 is 0 Å². The van der Waals surface area contributed by atoms with Gasteiger partial charge >= 0.3 is 0 Å². The van der Waals surface area contributed by atoms with E-state index in [9.17, 15) is 8.42 Å². The van der Waals surface area contributed by atoms with Crippen LogP contribution >= 0.6 is 0 Å². The lowest BCUT2D eigenvalue weighted by molar-refractivity contribution is 0.583. The summed E-state index contributed by atoms with van der Waals surface area (Å²) in [6.07, 6.45) is 5.10. The van der Waals surface area contributed by atoms with Crippen molar-refractivity contribution in [3.63, 3.8) is 0 Å². The van der Waals surface area contributed by atoms with E-state index in [4.69, 9.17) is 5.26 Å². The molecule has 8 heteroatoms. The molecule has 0 aliphatic rings. The number of pyridine rings is 1. The fourth-order valence-corrected chi connectivity index (χ4v) is 4.25. The van der Waals surface area contributed by atoms with E-state index in [1.54, 1.807) is 67.0 Å². The number of nitrogens with zero attached hydrogens (tertiary/aromatic N) is 3. The number of anilines is 1. The van der Waals surface area contributed by atoms with Gasteiger partial charge in [-0.15, -0.1) is 0 Å². The van der Waals surface area contributed by atoms with Crippen molar-refractivity contribution in [2.45, 2.75) is 42.5 Å². The molecule has 2 aromatic carbocycles. The summed E-state index contributed by atoms with van der Waals surface area (Å²) in [5, 5.41) is 14.5. The van der Waals surface area contributed by atoms with Crippen LogP contribution in [0.15, 0.2) is 87.8 Å². The molecule has 0 aliphatic carbocycles. The Balaban J connectivity index is 1.78. The predicted octanol–water partition coefficient (Wildman–Crippen LogP) is 4.25. The van der Waals surface area contributed by atoms with Gasteiger partial charge in [0.05, 0.1) is 16.3 Å². The zero-order chi connectivity index (χ0) is 23.2. The number of nitrogens with one attached hydrogen (secondary N) is 2. The maximum absolute atomic E-state index is 13.1. The molecule has 3 rings (SSSR count). The quantitative estimate of drug-likeness (QED) is 0.262. The molecule has 0 spiro atoms. The van der Waals surface area contributed by atoms with Crippen LogP contribution in [0.3, 0.4) is 0 Å². The van der Waals surface area contributed by atoms with Crippen molar-refractivity contribution in [3.8, 4) is 6.19 Å². The van der Waals surface area contributed by atoms with Gasteiger partial charge in [0.2, 0.25) is 15.8 Å². The Labute approximate surface area is 188 Å². The maximum Gasteiger partial charge on any atom is 0.209 e. The number of nitriles is 1. The Morgan fingerprint density at radius 3 is 2.34 bits per heavy atom. The highest BCUT2D eigenvalue weighted by Crippen LogP contribution is 2.27. The number of hydrogen-bond acceptors (Lipinski definition) is 5. The van der Waals surface area contributed by atoms with Crippen molar-refractivity contribution in [2.24, 2.45) is 4.99 Å². The molecular formula is C24H25N5O2S. The van der Waals surface area contributed by atoms with Crippen LogP contribution in [-0.4, -0.2) is 19.4 Å². The molecule has 3 aromatic rings. The van der Waals surface area contributed by atoms with Crippen molar-refractivity contribution >= 4 is 21.5 Å². The molecule has 0 saturated heterocycles. The van der Waals surface area contributed by atoms with Crippen molar-refractivity contribution in [3.05, 3.63) is 84.2 Å². The topological polar surface area (TPSA) is 107 Å². The highest BCUT2D eigenvalue weighted by atomic mass is 32.2. The zero-order valence-corrected chi connectivity index (χ0v) is 19.0. The SMILES string of the molecule is CC(C)(C)c1cccc(S(=O)(=O)c2ccc(CN=C(NC#N)Nc3ccncc3)cc2)c1. The number of guanidine groups is 1. The minimum absolute atomic E-state index is 0.146. The fraction of sp³-hybridized carbons (Fsp3) is 0.208. The third-order valence-electron chi connectivity index (χ3n) is 4.78. The van der Waals surface area contributed by atoms with Crippen LogP contribution in [0.4, 0.5) is 5.69 Å². The summed E-state index contributed by atoms with van der Waals surface area (Å²) in [6, 6.07) is 17.2. The minimum Gasteiger partial charge on any atom is -0.325 e. The Morgan fingerprint density at radius 2 is 1.72 bits per heavy atom. The van der Waals surface area contributed by atoms with Crippen LogP contribution in [0.25, 0.3) is 0 Å². The first kappa shape index (κ1) is 23.0. The summed E-state index contributed by atoms with van der Waals surface area (Å²) < 4.78 is 26.2. The number of sulfone groups is 1. The molecule has 0 amide bonds. The summed E-state index contributed by atoms with van der Waals surface area (Å²) in [5.41, 5.74) is 2.36. The van der Waals surface area contributed by atoms with Crippen molar-refractivity contribution in [2.75, 3.05) is 5.32 Å². The molecule has 0 fully saturated rings. The molecule has 0 saturated carbocycles. The molecule has 1 aromatic heterocycles. The van der Waals surface area contributed by atoms with Crippen molar-refractivity contribution in [1.82, 2.24) is 10.3 Å². The Hall–Kier alpha value is -3.70. The lowest BCUT2D eigenvalue weighted by Gasteiger charge is -2.19. The minimum atomic E-state index is -3.63. The number of hydrogen-bond donors (Lipinski definition) is 2. The number of aromatic nitrogens is 1. The van der Waals surface area contributed by atoms with Gasteiger partial charge in [-0.1, -0.05) is 45.0 Å². The maximum atomic E-state index is 13.1. The lowest BCUT2D eigenvalue weighted by Crippen LogP contribution is -2.26. The van der Waals surface area contributed by atoms with Crippen LogP contribution in [-0.2, 0) is 21.8 Å². The molecule has 164 valence electrons. The zero-order valence-electron chi connectivity index (χ0n) is 18.2. The normalized spacial score (nSPS) is 12.1. The largest absolute Gasteiger partial charge is 0.325 e. The summed E-state index contributed by atoms with van der Waals surface area (Å²) in [5.74, 6) is 0.286. The second-order valence-electron chi connectivity index (χ2n) is 8.19. The van der Waals surface area contributed by atoms with E-state index in [0.29, 0.717) is 0 Å². The molecule has 0 radical (unpaired) electrons. The van der Waals surface area contributed by atoms with Crippen LogP contribution < -0.4 is 10.6 Å². The Kier molecular flexibility index (Phi) is 6.91. The van der Waals surface area contributed by atoms with Crippen molar-refractivity contribution in [1.29, 1.82) is 5.26 Å². The van der Waals surface area contributed by atoms with Gasteiger partial charge in [-0.3, -0.25) is 10.3 Å². The van der Waals surface area contributed by atoms with Crippen LogP contribution in [0, 0.1) is 11.5 Å². The van der Waals surface area contributed by atoms with Gasteiger partial charge in [0.1, 0.15) is 0 Å². The van der Waals surface area contributed by atoms with Gasteiger partial charge in [-0.2, -0.15) is 5.26 Å². The van der Waals surface area contributed by atoms with Gasteiger partial charge in [-0.05, 0) is 52.9 Å². The van der Waals surface area contributed by atoms with Gasteiger partial charge < -0.3 is 5.32 Å². The average molecular weight is 448 g/mol. The summed E-state index contributed by atoms with van der Waals surface area (Å²) >= 11 is 0. The third kappa shape index (κ3) is 5.71. The predicted molar refractivity (Wildman–Crippen MR) is 125 cm³/mol. The molecule has 0 atom stereocenters. The Morgan fingerprint density at radius 1 is 1.03 bits per heavy atom. The first-order valence-corrected chi connectivity index (χ1v) is 11.5. The Bertz CT molecular complexity index is 1240. The molecule has 2 N–H and O–H groups in total. The smallest absolute Gasteiger partial charge is 0.209 e. The number of aliphatic imine (C=N–C) groups is 1. The van der Waals surface area contributed by atoms with Gasteiger partial charge in [0.15, 0.2) is 6.19 Å². The molecule has 0 aliphatic heterocycles. The monoisotopic (exact) mass is 447 g/mol. The standard InChI is InChI=1S/C24H25N5O2S/c1-24(2,3)19-5-4-6-22(15-19)32(30,31)21-9-7-18(8-10-21)16-27-23(28-17-25)29-20-11-13-26-14-12-20/h4-15H,16H2,1-3H3,(H2,26,27,28,29). The number of rotatable bonds is 5. The molecule has 0 bridgehead atoms. The van der Waals surface area contributed by atoms with E-state index in [-0.39, 0.29) is 27.7 Å². The van der Waals surface area contributed by atoms with Gasteiger partial charge in [-0.25, -0.2) is 13.4 Å². The second-order valence-corrected chi connectivity index (χ2v) is 10.1. The van der Waals surface area contributed by atoms with E-state index < -0.39 is 9.84 Å². The summed E-state index contributed by atoms with van der Waals surface area (Å²) in [6.45, 7) is 6.41. The highest BCUT2D eigenvalue weighted by molar-refractivity contribution is 7.91. The molecule has 32 heavy (non-hydrogen) atoms. The third-order valence-corrected chi connectivity index (χ3v) is 6.55. The molecule has 0 unspecified atom stereocenters. The first-order chi connectivity index (χ1) is 15.2. The van der Waals surface area contributed by atoms with Crippen LogP contribution in [0.1, 0.15) is 31.9 Å². The molecule has 7 nitrogen and oxygen atoms in total.